The molecule has 0 bridgehead atoms. The number of aromatic nitrogens is 6. The first kappa shape index (κ1) is 13.7. The number of aryl methyl sites for hydroxylation is 1. The Morgan fingerprint density at radius 3 is 2.91 bits per heavy atom. The fraction of sp³-hybridized carbons (Fsp3) is 0.429. The Morgan fingerprint density at radius 1 is 1.27 bits per heavy atom. The molecule has 0 aliphatic carbocycles. The summed E-state index contributed by atoms with van der Waals surface area (Å²) in [6.07, 6.45) is 6.48. The fourth-order valence-corrected chi connectivity index (χ4v) is 3.35. The molecule has 22 heavy (non-hydrogen) atoms. The van der Waals surface area contributed by atoms with Crippen LogP contribution in [0.3, 0.4) is 0 Å². The minimum absolute atomic E-state index is 0.373. The SMILES string of the molecule is Cc1nc2ncnn2c(N2CCC(n3cc(Br)cn3)C2)c1C. The van der Waals surface area contributed by atoms with E-state index in [4.69, 9.17) is 0 Å². The summed E-state index contributed by atoms with van der Waals surface area (Å²) in [5, 5.41) is 8.75. The lowest BCUT2D eigenvalue weighted by Gasteiger charge is -2.22. The summed E-state index contributed by atoms with van der Waals surface area (Å²) >= 11 is 3.46. The molecule has 0 radical (unpaired) electrons. The van der Waals surface area contributed by atoms with Crippen molar-refractivity contribution in [2.75, 3.05) is 18.0 Å². The quantitative estimate of drug-likeness (QED) is 0.699. The molecule has 1 aliphatic heterocycles. The topological polar surface area (TPSA) is 64.1 Å². The molecular formula is C14H16BrN7. The van der Waals surface area contributed by atoms with Crippen LogP contribution in [-0.2, 0) is 0 Å². The average Bonchev–Trinajstić information content (AvgIpc) is 3.20. The molecule has 4 rings (SSSR count). The van der Waals surface area contributed by atoms with Crippen molar-refractivity contribution in [3.8, 4) is 0 Å². The Bertz CT molecular complexity index is 837. The van der Waals surface area contributed by atoms with Crippen molar-refractivity contribution in [1.29, 1.82) is 0 Å². The normalized spacial score (nSPS) is 18.5. The van der Waals surface area contributed by atoms with Gasteiger partial charge in [0.1, 0.15) is 12.1 Å². The van der Waals surface area contributed by atoms with Gasteiger partial charge in [-0.25, -0.2) is 4.98 Å². The van der Waals surface area contributed by atoms with Gasteiger partial charge < -0.3 is 4.90 Å². The summed E-state index contributed by atoms with van der Waals surface area (Å²) < 4.78 is 4.89. The van der Waals surface area contributed by atoms with E-state index in [0.29, 0.717) is 11.8 Å². The second kappa shape index (κ2) is 5.05. The molecule has 7 nitrogen and oxygen atoms in total. The van der Waals surface area contributed by atoms with Gasteiger partial charge in [0.15, 0.2) is 0 Å². The highest BCUT2D eigenvalue weighted by atomic mass is 79.9. The highest BCUT2D eigenvalue weighted by Gasteiger charge is 2.28. The van der Waals surface area contributed by atoms with Gasteiger partial charge in [-0.1, -0.05) is 0 Å². The van der Waals surface area contributed by atoms with Crippen LogP contribution in [0, 0.1) is 13.8 Å². The monoisotopic (exact) mass is 361 g/mol. The summed E-state index contributed by atoms with van der Waals surface area (Å²) in [6.45, 7) is 6.00. The average molecular weight is 362 g/mol. The van der Waals surface area contributed by atoms with Crippen LogP contribution >= 0.6 is 15.9 Å². The fourth-order valence-electron chi connectivity index (χ4n) is 3.05. The van der Waals surface area contributed by atoms with Crippen LogP contribution in [0.5, 0.6) is 0 Å². The predicted octanol–water partition coefficient (Wildman–Crippen LogP) is 2.15. The Balaban J connectivity index is 1.71. The molecule has 0 saturated carbocycles. The van der Waals surface area contributed by atoms with Crippen LogP contribution in [0.25, 0.3) is 5.78 Å². The van der Waals surface area contributed by atoms with Crippen molar-refractivity contribution in [3.63, 3.8) is 0 Å². The zero-order chi connectivity index (χ0) is 15.3. The lowest BCUT2D eigenvalue weighted by atomic mass is 10.2. The summed E-state index contributed by atoms with van der Waals surface area (Å²) in [6, 6.07) is 0.373. The number of hydrogen-bond acceptors (Lipinski definition) is 5. The minimum atomic E-state index is 0.373. The molecule has 114 valence electrons. The molecule has 8 heteroatoms. The summed E-state index contributed by atoms with van der Waals surface area (Å²) in [5.41, 5.74) is 2.15. The zero-order valence-corrected chi connectivity index (χ0v) is 14.0. The van der Waals surface area contributed by atoms with E-state index in [0.717, 1.165) is 41.1 Å². The zero-order valence-electron chi connectivity index (χ0n) is 12.4. The molecule has 0 spiro atoms. The van der Waals surface area contributed by atoms with Crippen molar-refractivity contribution in [2.24, 2.45) is 0 Å². The summed E-state index contributed by atoms with van der Waals surface area (Å²) in [5.74, 6) is 1.75. The largest absolute Gasteiger partial charge is 0.354 e. The van der Waals surface area contributed by atoms with Crippen molar-refractivity contribution in [1.82, 2.24) is 29.4 Å². The number of anilines is 1. The van der Waals surface area contributed by atoms with E-state index < -0.39 is 0 Å². The maximum Gasteiger partial charge on any atom is 0.254 e. The third-order valence-electron chi connectivity index (χ3n) is 4.28. The van der Waals surface area contributed by atoms with E-state index in [-0.39, 0.29) is 0 Å². The summed E-state index contributed by atoms with van der Waals surface area (Å²) in [4.78, 5) is 11.1. The molecule has 1 aliphatic rings. The van der Waals surface area contributed by atoms with E-state index in [1.165, 1.54) is 0 Å². The molecule has 1 unspecified atom stereocenters. The van der Waals surface area contributed by atoms with Crippen LogP contribution in [0.15, 0.2) is 23.2 Å². The van der Waals surface area contributed by atoms with Gasteiger partial charge in [-0.3, -0.25) is 4.68 Å². The Kier molecular flexibility index (Phi) is 3.14. The van der Waals surface area contributed by atoms with E-state index in [9.17, 15) is 0 Å². The van der Waals surface area contributed by atoms with Gasteiger partial charge >= 0.3 is 0 Å². The standard InChI is InChI=1S/C14H16BrN7/c1-9-10(2)19-14-16-8-18-22(14)13(9)20-4-3-12(7-20)21-6-11(15)5-17-21/h5-6,8,12H,3-4,7H2,1-2H3. The Hall–Kier alpha value is -1.96. The van der Waals surface area contributed by atoms with E-state index >= 15 is 0 Å². The molecule has 0 amide bonds. The third-order valence-corrected chi connectivity index (χ3v) is 4.69. The van der Waals surface area contributed by atoms with E-state index in [1.807, 2.05) is 28.5 Å². The van der Waals surface area contributed by atoms with Crippen LogP contribution in [0.2, 0.25) is 0 Å². The smallest absolute Gasteiger partial charge is 0.254 e. The molecule has 1 fully saturated rings. The maximum atomic E-state index is 4.49. The molecule has 3 aromatic heterocycles. The van der Waals surface area contributed by atoms with Crippen molar-refractivity contribution >= 4 is 27.5 Å². The van der Waals surface area contributed by atoms with Crippen molar-refractivity contribution in [2.45, 2.75) is 26.3 Å². The van der Waals surface area contributed by atoms with Crippen LogP contribution < -0.4 is 4.90 Å². The maximum absolute atomic E-state index is 4.49. The number of nitrogens with zero attached hydrogens (tertiary/aromatic N) is 7. The van der Waals surface area contributed by atoms with Gasteiger partial charge in [-0.15, -0.1) is 0 Å². The first-order chi connectivity index (χ1) is 10.6. The Morgan fingerprint density at radius 2 is 2.14 bits per heavy atom. The first-order valence-electron chi connectivity index (χ1n) is 7.25. The summed E-state index contributed by atoms with van der Waals surface area (Å²) in [7, 11) is 0. The van der Waals surface area contributed by atoms with Crippen LogP contribution in [0.4, 0.5) is 5.82 Å². The predicted molar refractivity (Wildman–Crippen MR) is 86.1 cm³/mol. The van der Waals surface area contributed by atoms with Crippen LogP contribution in [-0.4, -0.2) is 42.5 Å². The molecule has 3 aromatic rings. The number of halogens is 1. The van der Waals surface area contributed by atoms with Gasteiger partial charge in [0.25, 0.3) is 5.78 Å². The second-order valence-electron chi connectivity index (χ2n) is 5.64. The van der Waals surface area contributed by atoms with Gasteiger partial charge in [-0.2, -0.15) is 19.7 Å². The van der Waals surface area contributed by atoms with E-state index in [1.54, 1.807) is 6.33 Å². The molecule has 0 N–H and O–H groups in total. The minimum Gasteiger partial charge on any atom is -0.354 e. The van der Waals surface area contributed by atoms with Crippen LogP contribution in [0.1, 0.15) is 23.7 Å². The molecule has 0 aromatic carbocycles. The van der Waals surface area contributed by atoms with Gasteiger partial charge in [0.2, 0.25) is 0 Å². The molecule has 1 saturated heterocycles. The molecular weight excluding hydrogens is 346 g/mol. The molecule has 1 atom stereocenters. The highest BCUT2D eigenvalue weighted by molar-refractivity contribution is 9.10. The van der Waals surface area contributed by atoms with Gasteiger partial charge in [-0.05, 0) is 36.2 Å². The van der Waals surface area contributed by atoms with Crippen molar-refractivity contribution < 1.29 is 0 Å². The number of fused-ring (bicyclic) bond motifs is 1. The first-order valence-corrected chi connectivity index (χ1v) is 8.04. The molecule has 4 heterocycles. The van der Waals surface area contributed by atoms with Gasteiger partial charge in [0.05, 0.1) is 16.7 Å². The Labute approximate surface area is 136 Å². The third kappa shape index (κ3) is 2.09. The highest BCUT2D eigenvalue weighted by Crippen LogP contribution is 2.30. The van der Waals surface area contributed by atoms with Crippen molar-refractivity contribution in [3.05, 3.63) is 34.5 Å². The lowest BCUT2D eigenvalue weighted by molar-refractivity contribution is 0.494. The number of hydrogen-bond donors (Lipinski definition) is 0. The van der Waals surface area contributed by atoms with Gasteiger partial charge in [0, 0.05) is 30.5 Å². The number of rotatable bonds is 2. The van der Waals surface area contributed by atoms with E-state index in [2.05, 4.69) is 47.9 Å². The second-order valence-corrected chi connectivity index (χ2v) is 6.56. The lowest BCUT2D eigenvalue weighted by Crippen LogP contribution is -2.25.